The third-order valence-electron chi connectivity index (χ3n) is 4.67. The van der Waals surface area contributed by atoms with Gasteiger partial charge in [0.1, 0.15) is 17.5 Å². The second-order valence-electron chi connectivity index (χ2n) is 6.80. The van der Waals surface area contributed by atoms with E-state index in [9.17, 15) is 32.5 Å². The van der Waals surface area contributed by atoms with Gasteiger partial charge in [-0.25, -0.2) is 12.8 Å². The van der Waals surface area contributed by atoms with Crippen molar-refractivity contribution in [2.75, 3.05) is 18.5 Å². The lowest BCUT2D eigenvalue weighted by Crippen LogP contribution is -2.42. The maximum Gasteiger partial charge on any atom is 0.324 e. The van der Waals surface area contributed by atoms with E-state index in [1.807, 2.05) is 0 Å². The molecule has 1 heterocycles. The van der Waals surface area contributed by atoms with Crippen LogP contribution in [0.1, 0.15) is 12.8 Å². The molecule has 1 amide bonds. The molecule has 1 unspecified atom stereocenters. The molecule has 0 aromatic heterocycles. The second kappa shape index (κ2) is 9.59. The largest absolute Gasteiger partial charge is 0.454 e. The van der Waals surface area contributed by atoms with Gasteiger partial charge in [-0.15, -0.1) is 0 Å². The summed E-state index contributed by atoms with van der Waals surface area (Å²) < 4.78 is 44.9. The average molecular weight is 486 g/mol. The molecular weight excluding hydrogens is 469 g/mol. The zero-order valence-electron chi connectivity index (χ0n) is 16.4. The number of halogens is 2. The minimum atomic E-state index is -3.99. The summed E-state index contributed by atoms with van der Waals surface area (Å²) in [6.45, 7) is -0.711. The Morgan fingerprint density at radius 1 is 1.25 bits per heavy atom. The standard InChI is InChI=1S/C19H17ClFN3O7S/c20-12-3-6-14(7-4-12)32(29,30)23-9-1-2-16(23)19(26)31-11-18(25)22-15-8-5-13(21)10-17(15)24(27)28/h3-8,10,16H,1-2,9,11H2,(H,22,25). The van der Waals surface area contributed by atoms with Crippen molar-refractivity contribution in [3.63, 3.8) is 0 Å². The van der Waals surface area contributed by atoms with Crippen LogP contribution in [0.5, 0.6) is 0 Å². The fraction of sp³-hybridized carbons (Fsp3) is 0.263. The van der Waals surface area contributed by atoms with Crippen LogP contribution in [0.4, 0.5) is 15.8 Å². The van der Waals surface area contributed by atoms with Crippen molar-refractivity contribution in [1.82, 2.24) is 4.31 Å². The number of carbonyl (C=O) groups is 2. The van der Waals surface area contributed by atoms with E-state index in [-0.39, 0.29) is 23.5 Å². The topological polar surface area (TPSA) is 136 Å². The molecule has 2 aromatic carbocycles. The van der Waals surface area contributed by atoms with Crippen LogP contribution in [-0.2, 0) is 24.3 Å². The Balaban J connectivity index is 1.65. The molecule has 1 aliphatic heterocycles. The van der Waals surface area contributed by atoms with E-state index in [2.05, 4.69) is 5.32 Å². The van der Waals surface area contributed by atoms with Gasteiger partial charge in [0.25, 0.3) is 11.6 Å². The first-order valence-corrected chi connectivity index (χ1v) is 11.1. The van der Waals surface area contributed by atoms with Gasteiger partial charge >= 0.3 is 5.97 Å². The number of carbonyl (C=O) groups excluding carboxylic acids is 2. The summed E-state index contributed by atoms with van der Waals surface area (Å²) in [6.07, 6.45) is 0.622. The quantitative estimate of drug-likeness (QED) is 0.361. The van der Waals surface area contributed by atoms with E-state index in [0.717, 1.165) is 16.4 Å². The lowest BCUT2D eigenvalue weighted by atomic mass is 10.2. The van der Waals surface area contributed by atoms with Crippen LogP contribution in [0.2, 0.25) is 5.02 Å². The van der Waals surface area contributed by atoms with Crippen LogP contribution in [-0.4, -0.2) is 48.7 Å². The highest BCUT2D eigenvalue weighted by Crippen LogP contribution is 2.28. The molecule has 1 fully saturated rings. The summed E-state index contributed by atoms with van der Waals surface area (Å²) in [5, 5.41) is 13.5. The van der Waals surface area contributed by atoms with E-state index >= 15 is 0 Å². The molecule has 170 valence electrons. The monoisotopic (exact) mass is 485 g/mol. The molecule has 1 N–H and O–H groups in total. The average Bonchev–Trinajstić information content (AvgIpc) is 3.24. The Morgan fingerprint density at radius 2 is 1.94 bits per heavy atom. The number of sulfonamides is 1. The van der Waals surface area contributed by atoms with Crippen molar-refractivity contribution in [2.45, 2.75) is 23.8 Å². The van der Waals surface area contributed by atoms with Gasteiger partial charge in [0.2, 0.25) is 10.0 Å². The molecule has 0 saturated carbocycles. The molecular formula is C19H17ClFN3O7S. The molecule has 1 saturated heterocycles. The first-order chi connectivity index (χ1) is 15.1. The summed E-state index contributed by atoms with van der Waals surface area (Å²) in [5.74, 6) is -2.69. The molecule has 2 aromatic rings. The number of nitro groups is 1. The molecule has 0 bridgehead atoms. The highest BCUT2D eigenvalue weighted by Gasteiger charge is 2.40. The van der Waals surface area contributed by atoms with Crippen molar-refractivity contribution < 1.29 is 32.1 Å². The Kier molecular flexibility index (Phi) is 7.06. The number of amides is 1. The number of hydrogen-bond donors (Lipinski definition) is 1. The van der Waals surface area contributed by atoms with E-state index in [1.54, 1.807) is 0 Å². The Hall–Kier alpha value is -3.09. The number of hydrogen-bond acceptors (Lipinski definition) is 7. The molecule has 0 radical (unpaired) electrons. The lowest BCUT2D eigenvalue weighted by molar-refractivity contribution is -0.384. The molecule has 3 rings (SSSR count). The van der Waals surface area contributed by atoms with Crippen LogP contribution in [0.15, 0.2) is 47.4 Å². The number of esters is 1. The predicted molar refractivity (Wildman–Crippen MR) is 111 cm³/mol. The van der Waals surface area contributed by atoms with Crippen LogP contribution in [0, 0.1) is 15.9 Å². The van der Waals surface area contributed by atoms with Crippen molar-refractivity contribution in [1.29, 1.82) is 0 Å². The van der Waals surface area contributed by atoms with Gasteiger partial charge in [-0.3, -0.25) is 19.7 Å². The van der Waals surface area contributed by atoms with Gasteiger partial charge in [0.15, 0.2) is 6.61 Å². The highest BCUT2D eigenvalue weighted by molar-refractivity contribution is 7.89. The summed E-state index contributed by atoms with van der Waals surface area (Å²) in [5.41, 5.74) is -0.939. The van der Waals surface area contributed by atoms with Crippen LogP contribution < -0.4 is 5.32 Å². The van der Waals surface area contributed by atoms with Crippen molar-refractivity contribution in [2.24, 2.45) is 0 Å². The van der Waals surface area contributed by atoms with Gasteiger partial charge in [0, 0.05) is 11.6 Å². The van der Waals surface area contributed by atoms with Gasteiger partial charge in [-0.1, -0.05) is 11.6 Å². The fourth-order valence-corrected chi connectivity index (χ4v) is 4.96. The number of nitrogens with one attached hydrogen (secondary N) is 1. The zero-order chi connectivity index (χ0) is 23.5. The minimum Gasteiger partial charge on any atom is -0.454 e. The molecule has 32 heavy (non-hydrogen) atoms. The molecule has 1 aliphatic rings. The third kappa shape index (κ3) is 5.21. The zero-order valence-corrected chi connectivity index (χ0v) is 17.9. The number of anilines is 1. The first-order valence-electron chi connectivity index (χ1n) is 9.27. The summed E-state index contributed by atoms with van der Waals surface area (Å²) >= 11 is 5.79. The minimum absolute atomic E-state index is 0.0389. The Labute approximate surface area is 187 Å². The molecule has 10 nitrogen and oxygen atoms in total. The molecule has 0 spiro atoms. The molecule has 13 heteroatoms. The van der Waals surface area contributed by atoms with Gasteiger partial charge < -0.3 is 10.1 Å². The summed E-state index contributed by atoms with van der Waals surface area (Å²) in [7, 11) is -3.99. The van der Waals surface area contributed by atoms with Gasteiger partial charge in [-0.05, 0) is 49.2 Å². The van der Waals surface area contributed by atoms with Crippen molar-refractivity contribution >= 4 is 44.9 Å². The Bertz CT molecular complexity index is 1160. The first kappa shape index (κ1) is 23.6. The predicted octanol–water partition coefficient (Wildman–Crippen LogP) is 2.72. The fourth-order valence-electron chi connectivity index (χ4n) is 3.19. The number of nitro benzene ring substituents is 1. The van der Waals surface area contributed by atoms with E-state index in [4.69, 9.17) is 16.3 Å². The summed E-state index contributed by atoms with van der Waals surface area (Å²) in [6, 6.07) is 6.91. The van der Waals surface area contributed by atoms with Gasteiger partial charge in [-0.2, -0.15) is 4.31 Å². The van der Waals surface area contributed by atoms with E-state index in [1.165, 1.54) is 24.3 Å². The molecule has 1 atom stereocenters. The maximum absolute atomic E-state index is 13.2. The Morgan fingerprint density at radius 3 is 2.59 bits per heavy atom. The summed E-state index contributed by atoms with van der Waals surface area (Å²) in [4.78, 5) is 34.6. The van der Waals surface area contributed by atoms with E-state index < -0.39 is 51.0 Å². The normalized spacial score (nSPS) is 16.5. The number of nitrogens with zero attached hydrogens (tertiary/aromatic N) is 2. The second-order valence-corrected chi connectivity index (χ2v) is 9.13. The number of ether oxygens (including phenoxy) is 1. The van der Waals surface area contributed by atoms with Crippen molar-refractivity contribution in [3.05, 3.63) is 63.4 Å². The third-order valence-corrected chi connectivity index (χ3v) is 6.85. The van der Waals surface area contributed by atoms with Crippen LogP contribution in [0.3, 0.4) is 0 Å². The lowest BCUT2D eigenvalue weighted by Gasteiger charge is -2.22. The molecule has 0 aliphatic carbocycles. The number of benzene rings is 2. The highest BCUT2D eigenvalue weighted by atomic mass is 35.5. The van der Waals surface area contributed by atoms with E-state index in [0.29, 0.717) is 17.5 Å². The SMILES string of the molecule is O=C(COC(=O)C1CCCN1S(=O)(=O)c1ccc(Cl)cc1)Nc1ccc(F)cc1[N+](=O)[O-]. The van der Waals surface area contributed by atoms with Crippen LogP contribution in [0.25, 0.3) is 0 Å². The van der Waals surface area contributed by atoms with Crippen molar-refractivity contribution in [3.8, 4) is 0 Å². The number of rotatable bonds is 7. The van der Waals surface area contributed by atoms with Crippen LogP contribution >= 0.6 is 11.6 Å². The van der Waals surface area contributed by atoms with Gasteiger partial charge in [0.05, 0.1) is 15.9 Å². The maximum atomic E-state index is 13.2. The smallest absolute Gasteiger partial charge is 0.324 e.